The smallest absolute Gasteiger partial charge is 0.324 e. The monoisotopic (exact) mass is 401 g/mol. The molecule has 27 heavy (non-hydrogen) atoms. The van der Waals surface area contributed by atoms with E-state index in [0.29, 0.717) is 26.8 Å². The van der Waals surface area contributed by atoms with Crippen LogP contribution in [0.4, 0.5) is 5.69 Å². The summed E-state index contributed by atoms with van der Waals surface area (Å²) in [6.07, 6.45) is -2.21. The first-order valence-corrected chi connectivity index (χ1v) is 9.22. The Balaban J connectivity index is 1.86. The number of aromatic nitrogens is 2. The number of thioether (sulfide) groups is 2. The van der Waals surface area contributed by atoms with Crippen molar-refractivity contribution < 1.29 is 15.3 Å². The first-order chi connectivity index (χ1) is 12.7. The van der Waals surface area contributed by atoms with Crippen molar-refractivity contribution in [2.75, 3.05) is 12.1 Å². The molecule has 9 nitrogen and oxygen atoms in total. The van der Waals surface area contributed by atoms with Crippen molar-refractivity contribution in [1.29, 1.82) is 5.26 Å². The number of hydrogen-bond donors (Lipinski definition) is 3. The van der Waals surface area contributed by atoms with E-state index in [4.69, 9.17) is 7.85 Å². The average molecular weight is 401 g/mol. The second kappa shape index (κ2) is 7.38. The van der Waals surface area contributed by atoms with Crippen LogP contribution in [-0.2, 0) is 11.8 Å². The van der Waals surface area contributed by atoms with Gasteiger partial charge in [-0.15, -0.1) is 4.68 Å². The molecule has 12 heteroatoms. The highest BCUT2D eigenvalue weighted by Gasteiger charge is 2.30. The second-order valence-electron chi connectivity index (χ2n) is 5.48. The number of rotatable bonds is 3. The number of nitriles is 1. The number of hydrazone groups is 1. The van der Waals surface area contributed by atoms with Gasteiger partial charge in [-0.05, 0) is 5.56 Å². The minimum absolute atomic E-state index is 0.129. The van der Waals surface area contributed by atoms with Gasteiger partial charge in [0.15, 0.2) is 4.38 Å². The Morgan fingerprint density at radius 3 is 2.81 bits per heavy atom. The number of benzene rings is 1. The molecule has 1 aromatic carbocycles. The van der Waals surface area contributed by atoms with Crippen molar-refractivity contribution in [3.63, 3.8) is 0 Å². The molecule has 0 fully saturated rings. The van der Waals surface area contributed by atoms with Gasteiger partial charge in [0, 0.05) is 12.8 Å². The Labute approximate surface area is 163 Å². The molecule has 0 amide bonds. The first kappa shape index (κ1) is 19.5. The molecule has 2 heterocycles. The predicted molar refractivity (Wildman–Crippen MR) is 103 cm³/mol. The molecule has 1 aliphatic rings. The average Bonchev–Trinajstić information content (AvgIpc) is 2.60. The van der Waals surface area contributed by atoms with Crippen molar-refractivity contribution >= 4 is 46.9 Å². The zero-order chi connectivity index (χ0) is 19.8. The number of anilines is 1. The largest absolute Gasteiger partial charge is 0.392 e. The van der Waals surface area contributed by atoms with E-state index in [9.17, 15) is 25.4 Å². The van der Waals surface area contributed by atoms with Crippen molar-refractivity contribution in [1.82, 2.24) is 9.78 Å². The van der Waals surface area contributed by atoms with E-state index >= 15 is 0 Å². The molecule has 1 aliphatic heterocycles. The predicted octanol–water partition coefficient (Wildman–Crippen LogP) is -0.800. The molecule has 3 rings (SSSR count). The van der Waals surface area contributed by atoms with E-state index in [1.54, 1.807) is 25.2 Å². The minimum Gasteiger partial charge on any atom is -0.324 e. The molecule has 0 atom stereocenters. The molecule has 0 unspecified atom stereocenters. The Morgan fingerprint density at radius 1 is 1.41 bits per heavy atom. The van der Waals surface area contributed by atoms with Crippen molar-refractivity contribution in [3.05, 3.63) is 45.9 Å². The van der Waals surface area contributed by atoms with Gasteiger partial charge in [0.1, 0.15) is 12.7 Å². The Bertz CT molecular complexity index is 1030. The van der Waals surface area contributed by atoms with E-state index < -0.39 is 11.7 Å². The highest BCUT2D eigenvalue weighted by molar-refractivity contribution is 8.38. The fourth-order valence-corrected chi connectivity index (χ4v) is 4.45. The zero-order valence-electron chi connectivity index (χ0n) is 13.9. The van der Waals surface area contributed by atoms with Crippen LogP contribution in [0.3, 0.4) is 0 Å². The van der Waals surface area contributed by atoms with Crippen molar-refractivity contribution in [3.8, 4) is 6.07 Å². The molecule has 0 spiro atoms. The van der Waals surface area contributed by atoms with E-state index in [1.165, 1.54) is 23.0 Å². The summed E-state index contributed by atoms with van der Waals surface area (Å²) >= 11 is 2.31. The minimum atomic E-state index is -3.40. The molecular weight excluding hydrogens is 389 g/mol. The van der Waals surface area contributed by atoms with Crippen LogP contribution in [0.15, 0.2) is 39.2 Å². The van der Waals surface area contributed by atoms with Crippen LogP contribution >= 0.6 is 23.5 Å². The number of hydrogen-bond acceptors (Lipinski definition) is 10. The SMILES string of the molecule is [B]c1ccc(CSC2=NN(C)c3cnn(C(O)(O)O)c(=O)c3S2)c(C#N)c1. The first-order valence-electron chi connectivity index (χ1n) is 7.42. The standard InChI is InChI=1S/C15H12BN5O4S2/c1-20-11-6-18-21(15(23,24)25)13(22)12(11)27-14(19-20)26-7-8-2-3-10(16)4-9(8)5-17/h2-4,6,23-25H,7H2,1H3. The summed E-state index contributed by atoms with van der Waals surface area (Å²) in [5.41, 5.74) is 1.19. The van der Waals surface area contributed by atoms with Crippen LogP contribution in [0.25, 0.3) is 0 Å². The third-order valence-corrected chi connectivity index (χ3v) is 5.81. The lowest BCUT2D eigenvalue weighted by molar-refractivity contribution is -0.383. The molecule has 0 aliphatic carbocycles. The summed E-state index contributed by atoms with van der Waals surface area (Å²) in [7, 11) is 7.29. The molecule has 136 valence electrons. The summed E-state index contributed by atoms with van der Waals surface area (Å²) in [5, 5.41) is 46.3. The topological polar surface area (TPSA) is 135 Å². The molecule has 0 saturated heterocycles. The summed E-state index contributed by atoms with van der Waals surface area (Å²) in [5.74, 6) is 0.418. The summed E-state index contributed by atoms with van der Waals surface area (Å²) in [6.45, 7) is 0. The number of fused-ring (bicyclic) bond motifs is 1. The second-order valence-corrected chi connectivity index (χ2v) is 7.71. The molecule has 2 radical (unpaired) electrons. The van der Waals surface area contributed by atoms with Gasteiger partial charge in [0.2, 0.25) is 0 Å². The fraction of sp³-hybridized carbons (Fsp3) is 0.200. The summed E-state index contributed by atoms with van der Waals surface area (Å²) in [4.78, 5) is 12.5. The van der Waals surface area contributed by atoms with E-state index in [0.717, 1.165) is 17.3 Å². The maximum Gasteiger partial charge on any atom is 0.392 e. The van der Waals surface area contributed by atoms with Crippen LogP contribution in [0, 0.1) is 11.3 Å². The van der Waals surface area contributed by atoms with Crippen molar-refractivity contribution in [2.45, 2.75) is 16.7 Å². The van der Waals surface area contributed by atoms with Crippen LogP contribution in [0.1, 0.15) is 11.1 Å². The number of aliphatic hydroxyl groups is 3. The van der Waals surface area contributed by atoms with Crippen LogP contribution in [-0.4, -0.2) is 44.4 Å². The summed E-state index contributed by atoms with van der Waals surface area (Å²) in [6, 6.07) is 7.12. The summed E-state index contributed by atoms with van der Waals surface area (Å²) < 4.78 is 0.661. The lowest BCUT2D eigenvalue weighted by Gasteiger charge is -2.24. The van der Waals surface area contributed by atoms with Crippen LogP contribution in [0.5, 0.6) is 0 Å². The maximum atomic E-state index is 12.4. The van der Waals surface area contributed by atoms with Gasteiger partial charge < -0.3 is 15.3 Å². The highest BCUT2D eigenvalue weighted by Crippen LogP contribution is 2.36. The van der Waals surface area contributed by atoms with Crippen LogP contribution in [0.2, 0.25) is 0 Å². The Kier molecular flexibility index (Phi) is 5.32. The van der Waals surface area contributed by atoms with Crippen molar-refractivity contribution in [2.24, 2.45) is 5.10 Å². The van der Waals surface area contributed by atoms with Gasteiger partial charge in [-0.1, -0.05) is 47.2 Å². The number of nitrogens with zero attached hydrogens (tertiary/aromatic N) is 5. The van der Waals surface area contributed by atoms with E-state index in [-0.39, 0.29) is 9.58 Å². The maximum absolute atomic E-state index is 12.4. The molecular formula is C15H12BN5O4S2. The van der Waals surface area contributed by atoms with Crippen LogP contribution < -0.4 is 16.0 Å². The van der Waals surface area contributed by atoms with Gasteiger partial charge in [-0.2, -0.15) is 15.5 Å². The van der Waals surface area contributed by atoms with E-state index in [1.807, 2.05) is 0 Å². The highest BCUT2D eigenvalue weighted by atomic mass is 32.2. The van der Waals surface area contributed by atoms with Gasteiger partial charge in [-0.25, -0.2) is 0 Å². The molecule has 3 N–H and O–H groups in total. The Morgan fingerprint density at radius 2 is 2.15 bits per heavy atom. The van der Waals surface area contributed by atoms with Gasteiger partial charge >= 0.3 is 6.10 Å². The van der Waals surface area contributed by atoms with Gasteiger partial charge in [0.25, 0.3) is 5.56 Å². The lowest BCUT2D eigenvalue weighted by atomic mass is 9.93. The van der Waals surface area contributed by atoms with Gasteiger partial charge in [0.05, 0.1) is 23.5 Å². The molecule has 2 aromatic rings. The molecule has 0 saturated carbocycles. The normalized spacial score (nSPS) is 13.7. The fourth-order valence-electron chi connectivity index (χ4n) is 2.28. The lowest BCUT2D eigenvalue weighted by Crippen LogP contribution is -2.43. The van der Waals surface area contributed by atoms with E-state index in [2.05, 4.69) is 16.3 Å². The zero-order valence-corrected chi connectivity index (χ0v) is 15.5. The third kappa shape index (κ3) is 4.02. The Hall–Kier alpha value is -2.30. The quantitative estimate of drug-likeness (QED) is 0.446. The molecule has 1 aromatic heterocycles. The third-order valence-electron chi connectivity index (χ3n) is 3.57. The van der Waals surface area contributed by atoms with Gasteiger partial charge in [-0.3, -0.25) is 9.80 Å². The molecule has 0 bridgehead atoms.